The molecule has 0 aromatic heterocycles. The van der Waals surface area contributed by atoms with E-state index >= 15 is 0 Å². The molecule has 1 aromatic rings. The molecular formula is C28H43N3O7. The predicted octanol–water partition coefficient (Wildman–Crippen LogP) is 1.60. The second kappa shape index (κ2) is 19.0. The van der Waals surface area contributed by atoms with Crippen LogP contribution in [0.4, 0.5) is 0 Å². The van der Waals surface area contributed by atoms with Gasteiger partial charge in [-0.05, 0) is 31.2 Å². The standard InChI is InChI=1S/C28H43N3O7/c1-5-37-13-14-38-19-27(35)30-18-23(32)17-22(16-21-9-7-6-8-10-21)28(36)31-24(15-20(2)3)25(33)11-12-26(34)29-4/h6-10,20,22,24H,5,11-19H2,1-4H3,(H,29,34)(H,30,35)(H,31,36). The van der Waals surface area contributed by atoms with Crippen molar-refractivity contribution >= 4 is 29.3 Å². The summed E-state index contributed by atoms with van der Waals surface area (Å²) in [6.07, 6.45) is 0.670. The summed E-state index contributed by atoms with van der Waals surface area (Å²) in [6, 6.07) is 8.54. The summed E-state index contributed by atoms with van der Waals surface area (Å²) >= 11 is 0. The fourth-order valence-electron chi connectivity index (χ4n) is 3.75. The number of carbonyl (C=O) groups is 5. The van der Waals surface area contributed by atoms with E-state index < -0.39 is 23.8 Å². The maximum Gasteiger partial charge on any atom is 0.246 e. The molecule has 0 radical (unpaired) electrons. The summed E-state index contributed by atoms with van der Waals surface area (Å²) in [5.41, 5.74) is 0.874. The van der Waals surface area contributed by atoms with E-state index in [9.17, 15) is 24.0 Å². The van der Waals surface area contributed by atoms with Crippen molar-refractivity contribution in [2.45, 2.75) is 58.9 Å². The molecule has 0 aliphatic rings. The fraction of sp³-hybridized carbons (Fsp3) is 0.607. The van der Waals surface area contributed by atoms with Gasteiger partial charge in [0.25, 0.3) is 0 Å². The van der Waals surface area contributed by atoms with Gasteiger partial charge in [-0.15, -0.1) is 0 Å². The molecule has 0 saturated carbocycles. The third-order valence-corrected chi connectivity index (χ3v) is 5.75. The smallest absolute Gasteiger partial charge is 0.246 e. The van der Waals surface area contributed by atoms with E-state index in [0.717, 1.165) is 5.56 Å². The zero-order valence-corrected chi connectivity index (χ0v) is 23.0. The Morgan fingerprint density at radius 1 is 0.921 bits per heavy atom. The first kappa shape index (κ1) is 32.9. The van der Waals surface area contributed by atoms with Crippen LogP contribution in [0.25, 0.3) is 0 Å². The molecule has 1 aromatic carbocycles. The lowest BCUT2D eigenvalue weighted by Gasteiger charge is -2.23. The molecule has 2 unspecified atom stereocenters. The molecular weight excluding hydrogens is 490 g/mol. The summed E-state index contributed by atoms with van der Waals surface area (Å²) in [5, 5.41) is 7.84. The van der Waals surface area contributed by atoms with Crippen LogP contribution in [-0.2, 0) is 39.9 Å². The minimum absolute atomic E-state index is 0.0122. The molecule has 0 fully saturated rings. The highest BCUT2D eigenvalue weighted by atomic mass is 16.5. The first-order valence-electron chi connectivity index (χ1n) is 13.2. The van der Waals surface area contributed by atoms with E-state index in [2.05, 4.69) is 16.0 Å². The maximum atomic E-state index is 13.3. The Kier molecular flexibility index (Phi) is 16.5. The van der Waals surface area contributed by atoms with Crippen LogP contribution in [-0.4, -0.2) is 75.3 Å². The number of hydrogen-bond donors (Lipinski definition) is 3. The third-order valence-electron chi connectivity index (χ3n) is 5.75. The SMILES string of the molecule is CCOCCOCC(=O)NCC(=O)CC(Cc1ccccc1)C(=O)NC(CC(C)C)C(=O)CCC(=O)NC. The van der Waals surface area contributed by atoms with Gasteiger partial charge >= 0.3 is 0 Å². The molecule has 0 heterocycles. The van der Waals surface area contributed by atoms with Crippen molar-refractivity contribution in [3.05, 3.63) is 35.9 Å². The number of Topliss-reactive ketones (excluding diaryl/α,β-unsaturated/α-hetero) is 2. The van der Waals surface area contributed by atoms with E-state index in [-0.39, 0.29) is 62.4 Å². The Morgan fingerprint density at radius 3 is 2.24 bits per heavy atom. The number of hydrogen-bond acceptors (Lipinski definition) is 7. The van der Waals surface area contributed by atoms with Crippen molar-refractivity contribution in [2.24, 2.45) is 11.8 Å². The molecule has 3 amide bonds. The minimum atomic E-state index is -0.755. The lowest BCUT2D eigenvalue weighted by Crippen LogP contribution is -2.46. The van der Waals surface area contributed by atoms with Gasteiger partial charge in [0, 0.05) is 38.8 Å². The molecule has 2 atom stereocenters. The predicted molar refractivity (Wildman–Crippen MR) is 143 cm³/mol. The highest BCUT2D eigenvalue weighted by Crippen LogP contribution is 2.16. The van der Waals surface area contributed by atoms with E-state index in [1.54, 1.807) is 0 Å². The van der Waals surface area contributed by atoms with Gasteiger partial charge in [0.15, 0.2) is 11.6 Å². The van der Waals surface area contributed by atoms with Crippen LogP contribution in [0, 0.1) is 11.8 Å². The number of benzene rings is 1. The Labute approximate surface area is 225 Å². The summed E-state index contributed by atoms with van der Waals surface area (Å²) in [4.78, 5) is 62.4. The van der Waals surface area contributed by atoms with Crippen LogP contribution < -0.4 is 16.0 Å². The number of amides is 3. The monoisotopic (exact) mass is 533 g/mol. The quantitative estimate of drug-likeness (QED) is 0.216. The van der Waals surface area contributed by atoms with Crippen molar-refractivity contribution in [3.8, 4) is 0 Å². The number of rotatable bonds is 20. The van der Waals surface area contributed by atoms with Gasteiger partial charge in [-0.25, -0.2) is 0 Å². The molecule has 0 bridgehead atoms. The van der Waals surface area contributed by atoms with Crippen molar-refractivity contribution in [3.63, 3.8) is 0 Å². The zero-order valence-electron chi connectivity index (χ0n) is 23.0. The molecule has 0 saturated heterocycles. The van der Waals surface area contributed by atoms with Gasteiger partial charge in [0.2, 0.25) is 17.7 Å². The molecule has 1 rings (SSSR count). The Bertz CT molecular complexity index is 890. The average Bonchev–Trinajstić information content (AvgIpc) is 2.89. The number of ether oxygens (including phenoxy) is 2. The lowest BCUT2D eigenvalue weighted by molar-refractivity contribution is -0.133. The van der Waals surface area contributed by atoms with Crippen LogP contribution in [0.3, 0.4) is 0 Å². The van der Waals surface area contributed by atoms with Crippen LogP contribution in [0.15, 0.2) is 30.3 Å². The highest BCUT2D eigenvalue weighted by Gasteiger charge is 2.28. The van der Waals surface area contributed by atoms with Crippen molar-refractivity contribution in [1.29, 1.82) is 0 Å². The molecule has 0 aliphatic heterocycles. The molecule has 3 N–H and O–H groups in total. The number of ketones is 2. The Balaban J connectivity index is 2.81. The second-order valence-corrected chi connectivity index (χ2v) is 9.49. The van der Waals surface area contributed by atoms with Crippen molar-refractivity contribution in [2.75, 3.05) is 40.0 Å². The first-order valence-corrected chi connectivity index (χ1v) is 13.2. The van der Waals surface area contributed by atoms with Gasteiger partial charge in [-0.1, -0.05) is 44.2 Å². The van der Waals surface area contributed by atoms with E-state index in [1.807, 2.05) is 51.1 Å². The van der Waals surface area contributed by atoms with Crippen LogP contribution in [0.5, 0.6) is 0 Å². The first-order chi connectivity index (χ1) is 18.2. The lowest BCUT2D eigenvalue weighted by atomic mass is 9.91. The van der Waals surface area contributed by atoms with E-state index in [4.69, 9.17) is 9.47 Å². The zero-order chi connectivity index (χ0) is 28.3. The topological polar surface area (TPSA) is 140 Å². The highest BCUT2D eigenvalue weighted by molar-refractivity contribution is 5.94. The van der Waals surface area contributed by atoms with E-state index in [0.29, 0.717) is 26.1 Å². The van der Waals surface area contributed by atoms with Crippen LogP contribution >= 0.6 is 0 Å². The summed E-state index contributed by atoms with van der Waals surface area (Å²) < 4.78 is 10.3. The Hall–Kier alpha value is -3.11. The van der Waals surface area contributed by atoms with Crippen molar-refractivity contribution < 1.29 is 33.4 Å². The van der Waals surface area contributed by atoms with Crippen LogP contribution in [0.1, 0.15) is 52.0 Å². The normalized spacial score (nSPS) is 12.4. The third kappa shape index (κ3) is 14.6. The Morgan fingerprint density at radius 2 is 1.61 bits per heavy atom. The van der Waals surface area contributed by atoms with Gasteiger partial charge in [0.05, 0.1) is 25.8 Å². The molecule has 212 valence electrons. The number of carbonyl (C=O) groups excluding carboxylic acids is 5. The van der Waals surface area contributed by atoms with Gasteiger partial charge < -0.3 is 25.4 Å². The molecule has 0 aliphatic carbocycles. The van der Waals surface area contributed by atoms with Gasteiger partial charge in [0.1, 0.15) is 6.61 Å². The second-order valence-electron chi connectivity index (χ2n) is 9.49. The molecule has 0 spiro atoms. The molecule has 38 heavy (non-hydrogen) atoms. The van der Waals surface area contributed by atoms with Crippen molar-refractivity contribution in [1.82, 2.24) is 16.0 Å². The van der Waals surface area contributed by atoms with Crippen LogP contribution in [0.2, 0.25) is 0 Å². The average molecular weight is 534 g/mol. The van der Waals surface area contributed by atoms with Gasteiger partial charge in [-0.3, -0.25) is 24.0 Å². The maximum absolute atomic E-state index is 13.3. The molecule has 10 nitrogen and oxygen atoms in total. The minimum Gasteiger partial charge on any atom is -0.379 e. The summed E-state index contributed by atoms with van der Waals surface area (Å²) in [7, 11) is 1.50. The summed E-state index contributed by atoms with van der Waals surface area (Å²) in [6.45, 7) is 6.54. The van der Waals surface area contributed by atoms with Gasteiger partial charge in [-0.2, -0.15) is 0 Å². The fourth-order valence-corrected chi connectivity index (χ4v) is 3.75. The largest absolute Gasteiger partial charge is 0.379 e. The summed E-state index contributed by atoms with van der Waals surface area (Å²) in [5.74, 6) is -2.23. The van der Waals surface area contributed by atoms with E-state index in [1.165, 1.54) is 7.05 Å². The number of nitrogens with one attached hydrogen (secondary N) is 3. The molecule has 10 heteroatoms.